The molecular formula is C12H18O. The highest BCUT2D eigenvalue weighted by Gasteiger charge is 2.05. The molecule has 1 aromatic carbocycles. The maximum atomic E-state index is 9.19. The minimum atomic E-state index is 0.154. The summed E-state index contributed by atoms with van der Waals surface area (Å²) in [6, 6.07) is 6.39. The molecule has 0 aliphatic heterocycles. The van der Waals surface area contributed by atoms with Crippen LogP contribution in [-0.2, 0) is 13.0 Å². The summed E-state index contributed by atoms with van der Waals surface area (Å²) in [5.41, 5.74) is 3.64. The fraction of sp³-hybridized carbons (Fsp3) is 0.500. The molecule has 0 aromatic heterocycles. The third-order valence-electron chi connectivity index (χ3n) is 2.41. The summed E-state index contributed by atoms with van der Waals surface area (Å²) in [6.45, 7) is 6.59. The second kappa shape index (κ2) is 4.43. The summed E-state index contributed by atoms with van der Waals surface area (Å²) >= 11 is 0. The van der Waals surface area contributed by atoms with Crippen LogP contribution in [0.1, 0.15) is 43.4 Å². The molecule has 1 aromatic rings. The average Bonchev–Trinajstić information content (AvgIpc) is 2.16. The van der Waals surface area contributed by atoms with Crippen LogP contribution in [0.4, 0.5) is 0 Å². The van der Waals surface area contributed by atoms with Gasteiger partial charge < -0.3 is 5.11 Å². The topological polar surface area (TPSA) is 20.2 Å². The van der Waals surface area contributed by atoms with Crippen molar-refractivity contribution in [3.8, 4) is 0 Å². The minimum Gasteiger partial charge on any atom is -0.392 e. The number of aliphatic hydroxyl groups excluding tert-OH is 1. The monoisotopic (exact) mass is 178 g/mol. The Labute approximate surface area is 80.4 Å². The van der Waals surface area contributed by atoms with E-state index in [9.17, 15) is 5.11 Å². The zero-order chi connectivity index (χ0) is 9.84. The van der Waals surface area contributed by atoms with Crippen molar-refractivity contribution >= 4 is 0 Å². The van der Waals surface area contributed by atoms with Crippen LogP contribution in [-0.4, -0.2) is 5.11 Å². The number of aliphatic hydroxyl groups is 1. The Hall–Kier alpha value is -0.820. The molecule has 0 saturated heterocycles. The molecule has 0 unspecified atom stereocenters. The Balaban J connectivity index is 3.08. The van der Waals surface area contributed by atoms with Gasteiger partial charge in [-0.2, -0.15) is 0 Å². The first-order valence-corrected chi connectivity index (χ1v) is 4.91. The molecule has 0 bridgehead atoms. The highest BCUT2D eigenvalue weighted by atomic mass is 16.3. The number of benzene rings is 1. The van der Waals surface area contributed by atoms with Crippen LogP contribution in [0.5, 0.6) is 0 Å². The van der Waals surface area contributed by atoms with Crippen molar-refractivity contribution in [3.63, 3.8) is 0 Å². The summed E-state index contributed by atoms with van der Waals surface area (Å²) in [6.07, 6.45) is 1.03. The van der Waals surface area contributed by atoms with Gasteiger partial charge in [-0.3, -0.25) is 0 Å². The van der Waals surface area contributed by atoms with Crippen molar-refractivity contribution in [1.82, 2.24) is 0 Å². The zero-order valence-electron chi connectivity index (χ0n) is 8.67. The predicted molar refractivity (Wildman–Crippen MR) is 55.8 cm³/mol. The van der Waals surface area contributed by atoms with E-state index in [4.69, 9.17) is 0 Å². The van der Waals surface area contributed by atoms with E-state index in [1.54, 1.807) is 0 Å². The van der Waals surface area contributed by atoms with Gasteiger partial charge >= 0.3 is 0 Å². The second-order valence-electron chi connectivity index (χ2n) is 3.70. The largest absolute Gasteiger partial charge is 0.392 e. The molecule has 0 amide bonds. The second-order valence-corrected chi connectivity index (χ2v) is 3.70. The molecule has 0 spiro atoms. The van der Waals surface area contributed by atoms with Crippen molar-refractivity contribution in [2.75, 3.05) is 0 Å². The average molecular weight is 178 g/mol. The van der Waals surface area contributed by atoms with Gasteiger partial charge in [-0.05, 0) is 29.0 Å². The third kappa shape index (κ3) is 2.31. The molecule has 0 heterocycles. The van der Waals surface area contributed by atoms with E-state index in [1.165, 1.54) is 11.1 Å². The van der Waals surface area contributed by atoms with Crippen LogP contribution in [0.15, 0.2) is 18.2 Å². The molecule has 1 nitrogen and oxygen atoms in total. The Morgan fingerprint density at radius 2 is 2.00 bits per heavy atom. The molecule has 0 aliphatic rings. The summed E-state index contributed by atoms with van der Waals surface area (Å²) in [4.78, 5) is 0. The SMILES string of the molecule is CCc1ccc(C(C)C)c(CO)c1. The summed E-state index contributed by atoms with van der Waals surface area (Å²) < 4.78 is 0. The van der Waals surface area contributed by atoms with Gasteiger partial charge in [0.05, 0.1) is 6.61 Å². The van der Waals surface area contributed by atoms with Crippen molar-refractivity contribution in [1.29, 1.82) is 0 Å². The Kier molecular flexibility index (Phi) is 3.49. The van der Waals surface area contributed by atoms with Crippen molar-refractivity contribution in [2.45, 2.75) is 39.7 Å². The Morgan fingerprint density at radius 3 is 2.46 bits per heavy atom. The van der Waals surface area contributed by atoms with Gasteiger partial charge in [0.2, 0.25) is 0 Å². The predicted octanol–water partition coefficient (Wildman–Crippen LogP) is 2.86. The first-order chi connectivity index (χ1) is 6.19. The van der Waals surface area contributed by atoms with Crippen LogP contribution >= 0.6 is 0 Å². The van der Waals surface area contributed by atoms with E-state index in [1.807, 2.05) is 0 Å². The van der Waals surface area contributed by atoms with E-state index in [0.717, 1.165) is 12.0 Å². The van der Waals surface area contributed by atoms with Crippen LogP contribution in [0.25, 0.3) is 0 Å². The lowest BCUT2D eigenvalue weighted by atomic mass is 9.95. The van der Waals surface area contributed by atoms with Crippen LogP contribution < -0.4 is 0 Å². The fourth-order valence-corrected chi connectivity index (χ4v) is 1.58. The zero-order valence-corrected chi connectivity index (χ0v) is 8.67. The molecule has 1 N–H and O–H groups in total. The van der Waals surface area contributed by atoms with Crippen molar-refractivity contribution < 1.29 is 5.11 Å². The number of hydrogen-bond acceptors (Lipinski definition) is 1. The lowest BCUT2D eigenvalue weighted by molar-refractivity contribution is 0.280. The smallest absolute Gasteiger partial charge is 0.0684 e. The number of rotatable bonds is 3. The maximum Gasteiger partial charge on any atom is 0.0684 e. The van der Waals surface area contributed by atoms with E-state index in [-0.39, 0.29) is 6.61 Å². The lowest BCUT2D eigenvalue weighted by Gasteiger charge is -2.12. The number of hydrogen-bond donors (Lipinski definition) is 1. The quantitative estimate of drug-likeness (QED) is 0.754. The van der Waals surface area contributed by atoms with Gasteiger partial charge in [0.15, 0.2) is 0 Å². The molecule has 1 heteroatoms. The fourth-order valence-electron chi connectivity index (χ4n) is 1.58. The minimum absolute atomic E-state index is 0.154. The molecule has 1 rings (SSSR count). The third-order valence-corrected chi connectivity index (χ3v) is 2.41. The normalized spacial score (nSPS) is 10.8. The molecule has 0 fully saturated rings. The van der Waals surface area contributed by atoms with Crippen molar-refractivity contribution in [2.24, 2.45) is 0 Å². The standard InChI is InChI=1S/C12H18O/c1-4-10-5-6-12(9(2)3)11(7-10)8-13/h5-7,9,13H,4,8H2,1-3H3. The molecule has 13 heavy (non-hydrogen) atoms. The van der Waals surface area contributed by atoms with E-state index in [2.05, 4.69) is 39.0 Å². The van der Waals surface area contributed by atoms with Gasteiger partial charge in [0.25, 0.3) is 0 Å². The van der Waals surface area contributed by atoms with Gasteiger partial charge in [-0.1, -0.05) is 39.0 Å². The summed E-state index contributed by atoms with van der Waals surface area (Å²) in [7, 11) is 0. The van der Waals surface area contributed by atoms with Gasteiger partial charge in [-0.15, -0.1) is 0 Å². The molecule has 0 radical (unpaired) electrons. The molecule has 0 saturated carbocycles. The summed E-state index contributed by atoms with van der Waals surface area (Å²) in [5.74, 6) is 0.494. The molecule has 72 valence electrons. The maximum absolute atomic E-state index is 9.19. The first-order valence-electron chi connectivity index (χ1n) is 4.91. The van der Waals surface area contributed by atoms with Crippen LogP contribution in [0.2, 0.25) is 0 Å². The van der Waals surface area contributed by atoms with Gasteiger partial charge in [0.1, 0.15) is 0 Å². The summed E-state index contributed by atoms with van der Waals surface area (Å²) in [5, 5.41) is 9.19. The van der Waals surface area contributed by atoms with E-state index >= 15 is 0 Å². The van der Waals surface area contributed by atoms with Gasteiger partial charge in [-0.25, -0.2) is 0 Å². The van der Waals surface area contributed by atoms with Crippen molar-refractivity contribution in [3.05, 3.63) is 34.9 Å². The Bertz CT molecular complexity index is 276. The highest BCUT2D eigenvalue weighted by molar-refractivity contribution is 5.33. The van der Waals surface area contributed by atoms with Gasteiger partial charge in [0, 0.05) is 0 Å². The molecule has 0 aliphatic carbocycles. The van der Waals surface area contributed by atoms with Crippen LogP contribution in [0.3, 0.4) is 0 Å². The lowest BCUT2D eigenvalue weighted by Crippen LogP contribution is -1.97. The first kappa shape index (κ1) is 10.3. The van der Waals surface area contributed by atoms with Crippen LogP contribution in [0, 0.1) is 0 Å². The van der Waals surface area contributed by atoms with E-state index < -0.39 is 0 Å². The number of aryl methyl sites for hydroxylation is 1. The molecular weight excluding hydrogens is 160 g/mol. The molecule has 0 atom stereocenters. The Morgan fingerprint density at radius 1 is 1.31 bits per heavy atom. The highest BCUT2D eigenvalue weighted by Crippen LogP contribution is 2.21. The van der Waals surface area contributed by atoms with E-state index in [0.29, 0.717) is 5.92 Å².